The third-order valence-electron chi connectivity index (χ3n) is 4.82. The van der Waals surface area contributed by atoms with Gasteiger partial charge in [0, 0.05) is 11.8 Å². The number of ether oxygens (including phenoxy) is 1. The highest BCUT2D eigenvalue weighted by Gasteiger charge is 2.36. The van der Waals surface area contributed by atoms with Gasteiger partial charge >= 0.3 is 0 Å². The van der Waals surface area contributed by atoms with Gasteiger partial charge < -0.3 is 20.9 Å². The molecule has 1 atom stereocenters. The molecule has 24 heavy (non-hydrogen) atoms. The third-order valence-corrected chi connectivity index (χ3v) is 5.47. The van der Waals surface area contributed by atoms with Crippen LogP contribution < -0.4 is 15.8 Å². The van der Waals surface area contributed by atoms with Gasteiger partial charge in [0.15, 0.2) is 0 Å². The monoisotopic (exact) mass is 345 g/mol. The molecule has 2 heterocycles. The fraction of sp³-hybridized carbons (Fsp3) is 0.412. The molecule has 1 fully saturated rings. The summed E-state index contributed by atoms with van der Waals surface area (Å²) in [5.74, 6) is 1.18. The molecule has 1 amide bonds. The molecule has 0 bridgehead atoms. The van der Waals surface area contributed by atoms with E-state index in [9.17, 15) is 9.90 Å². The first-order valence-corrected chi connectivity index (χ1v) is 8.90. The molecule has 1 aromatic carbocycles. The average Bonchev–Trinajstić information content (AvgIpc) is 3.17. The quantitative estimate of drug-likeness (QED) is 0.786. The Bertz CT molecular complexity index is 770. The first kappa shape index (κ1) is 15.4. The van der Waals surface area contributed by atoms with Crippen LogP contribution in [0, 0.1) is 5.92 Å². The molecule has 2 aromatic rings. The molecule has 0 saturated heterocycles. The largest absolute Gasteiger partial charge is 0.493 e. The Labute approximate surface area is 143 Å². The molecule has 6 nitrogen and oxygen atoms in total. The molecule has 0 unspecified atom stereocenters. The van der Waals surface area contributed by atoms with E-state index in [4.69, 9.17) is 10.5 Å². The van der Waals surface area contributed by atoms with Crippen LogP contribution >= 0.6 is 11.5 Å². The summed E-state index contributed by atoms with van der Waals surface area (Å²) in [6.45, 7) is 0.703. The number of amides is 1. The highest BCUT2D eigenvalue weighted by molar-refractivity contribution is 7.04. The van der Waals surface area contributed by atoms with E-state index < -0.39 is 0 Å². The van der Waals surface area contributed by atoms with Crippen molar-refractivity contribution in [2.45, 2.75) is 31.4 Å². The number of aliphatic hydroxyl groups is 1. The van der Waals surface area contributed by atoms with Gasteiger partial charge in [-0.05, 0) is 53.6 Å². The van der Waals surface area contributed by atoms with Gasteiger partial charge in [-0.2, -0.15) is 4.37 Å². The number of carbonyl (C=O) groups excluding carboxylic acids is 1. The molecule has 1 saturated carbocycles. The van der Waals surface area contributed by atoms with Crippen molar-refractivity contribution in [3.8, 4) is 5.75 Å². The van der Waals surface area contributed by atoms with Gasteiger partial charge in [0.1, 0.15) is 11.6 Å². The van der Waals surface area contributed by atoms with Crippen LogP contribution in [0.25, 0.3) is 0 Å². The predicted molar refractivity (Wildman–Crippen MR) is 91.1 cm³/mol. The second kappa shape index (κ2) is 6.07. The zero-order chi connectivity index (χ0) is 16.7. The molecule has 4 N–H and O–H groups in total. The number of rotatable bonds is 4. The fourth-order valence-electron chi connectivity index (χ4n) is 3.41. The maximum atomic E-state index is 12.6. The van der Waals surface area contributed by atoms with E-state index in [1.54, 1.807) is 5.38 Å². The number of nitrogens with one attached hydrogen (secondary N) is 1. The molecule has 1 aliphatic heterocycles. The molecular weight excluding hydrogens is 326 g/mol. The first-order chi connectivity index (χ1) is 11.6. The lowest BCUT2D eigenvalue weighted by Crippen LogP contribution is -2.41. The van der Waals surface area contributed by atoms with Crippen LogP contribution in [0.3, 0.4) is 0 Å². The summed E-state index contributed by atoms with van der Waals surface area (Å²) < 4.78 is 9.51. The molecule has 2 aliphatic rings. The van der Waals surface area contributed by atoms with Gasteiger partial charge in [-0.25, -0.2) is 0 Å². The summed E-state index contributed by atoms with van der Waals surface area (Å²) in [7, 11) is 0. The highest BCUT2D eigenvalue weighted by Crippen LogP contribution is 2.40. The Hall–Kier alpha value is -2.12. The van der Waals surface area contributed by atoms with Crippen LogP contribution in [0.4, 0.5) is 5.82 Å². The van der Waals surface area contributed by atoms with Gasteiger partial charge in [-0.3, -0.25) is 4.79 Å². The number of nitrogens with two attached hydrogens (primary N) is 1. The van der Waals surface area contributed by atoms with E-state index in [2.05, 4.69) is 15.8 Å². The highest BCUT2D eigenvalue weighted by atomic mass is 32.1. The summed E-state index contributed by atoms with van der Waals surface area (Å²) in [6, 6.07) is 5.92. The number of fused-ring (bicyclic) bond motifs is 1. The summed E-state index contributed by atoms with van der Waals surface area (Å²) in [5, 5.41) is 14.4. The number of nitrogens with zero attached hydrogens (tertiary/aromatic N) is 1. The van der Waals surface area contributed by atoms with Crippen molar-refractivity contribution >= 4 is 23.3 Å². The minimum Gasteiger partial charge on any atom is -0.493 e. The zero-order valence-corrected chi connectivity index (χ0v) is 13.9. The molecular formula is C17H19N3O3S. The van der Waals surface area contributed by atoms with E-state index in [1.165, 1.54) is 17.1 Å². The Kier molecular flexibility index (Phi) is 3.90. The Morgan fingerprint density at radius 1 is 1.46 bits per heavy atom. The minimum atomic E-state index is -0.278. The summed E-state index contributed by atoms with van der Waals surface area (Å²) >= 11 is 1.17. The average molecular weight is 345 g/mol. The molecule has 1 aliphatic carbocycles. The first-order valence-electron chi connectivity index (χ1n) is 8.06. The number of hydrogen-bond donors (Lipinski definition) is 3. The summed E-state index contributed by atoms with van der Waals surface area (Å²) in [5.41, 5.74) is 8.38. The number of benzene rings is 1. The maximum Gasteiger partial charge on any atom is 0.256 e. The second-order valence-electron chi connectivity index (χ2n) is 6.42. The van der Waals surface area contributed by atoms with Crippen molar-refractivity contribution in [1.29, 1.82) is 0 Å². The number of nitrogen functional groups attached to an aromatic ring is 1. The molecule has 4 rings (SSSR count). The van der Waals surface area contributed by atoms with Crippen molar-refractivity contribution in [3.63, 3.8) is 0 Å². The SMILES string of the molecule is Nc1nscc1C(=O)N[C@H](c1ccc2c(c1)CCO2)C1CC(O)C1. The van der Waals surface area contributed by atoms with Gasteiger partial charge in [-0.15, -0.1) is 0 Å². The predicted octanol–water partition coefficient (Wildman–Crippen LogP) is 1.90. The minimum absolute atomic E-state index is 0.147. The standard InChI is InChI=1S/C17H19N3O3S/c18-16-13(8-24-20-16)17(22)19-15(11-6-12(21)7-11)10-1-2-14-9(5-10)3-4-23-14/h1-2,5,8,11-12,15,21H,3-4,6-7H2,(H2,18,20)(H,19,22)/t11?,12?,15-/m1/s1. The fourth-order valence-corrected chi connectivity index (χ4v) is 4.01. The van der Waals surface area contributed by atoms with E-state index in [-0.39, 0.29) is 29.8 Å². The lowest BCUT2D eigenvalue weighted by Gasteiger charge is -2.38. The Morgan fingerprint density at radius 3 is 3.00 bits per heavy atom. The van der Waals surface area contributed by atoms with Crippen molar-refractivity contribution in [2.75, 3.05) is 12.3 Å². The van der Waals surface area contributed by atoms with Gasteiger partial charge in [0.2, 0.25) is 0 Å². The van der Waals surface area contributed by atoms with Crippen LogP contribution in [-0.4, -0.2) is 28.1 Å². The lowest BCUT2D eigenvalue weighted by molar-refractivity contribution is 0.0235. The molecule has 126 valence electrons. The topological polar surface area (TPSA) is 97.5 Å². The van der Waals surface area contributed by atoms with Crippen LogP contribution in [0.2, 0.25) is 0 Å². The number of carbonyl (C=O) groups is 1. The number of hydrogen-bond acceptors (Lipinski definition) is 6. The van der Waals surface area contributed by atoms with Crippen LogP contribution in [0.15, 0.2) is 23.6 Å². The number of aliphatic hydroxyl groups excluding tert-OH is 1. The van der Waals surface area contributed by atoms with E-state index >= 15 is 0 Å². The van der Waals surface area contributed by atoms with Gasteiger partial charge in [-0.1, -0.05) is 6.07 Å². The Balaban J connectivity index is 1.60. The van der Waals surface area contributed by atoms with Gasteiger partial charge in [0.25, 0.3) is 5.91 Å². The van der Waals surface area contributed by atoms with E-state index in [1.807, 2.05) is 12.1 Å². The summed E-state index contributed by atoms with van der Waals surface area (Å²) in [4.78, 5) is 12.6. The third kappa shape index (κ3) is 2.74. The maximum absolute atomic E-state index is 12.6. The number of anilines is 1. The van der Waals surface area contributed by atoms with Crippen LogP contribution in [-0.2, 0) is 6.42 Å². The van der Waals surface area contributed by atoms with Crippen LogP contribution in [0.1, 0.15) is 40.4 Å². The van der Waals surface area contributed by atoms with Crippen molar-refractivity contribution < 1.29 is 14.6 Å². The van der Waals surface area contributed by atoms with E-state index in [0.29, 0.717) is 25.0 Å². The molecule has 0 spiro atoms. The van der Waals surface area contributed by atoms with Crippen LogP contribution in [0.5, 0.6) is 5.75 Å². The smallest absolute Gasteiger partial charge is 0.256 e. The normalized spacial score (nSPS) is 23.0. The van der Waals surface area contributed by atoms with E-state index in [0.717, 1.165) is 17.7 Å². The molecule has 0 radical (unpaired) electrons. The van der Waals surface area contributed by atoms with Crippen molar-refractivity contribution in [1.82, 2.24) is 9.69 Å². The van der Waals surface area contributed by atoms with Crippen molar-refractivity contribution in [3.05, 3.63) is 40.3 Å². The summed E-state index contributed by atoms with van der Waals surface area (Å²) in [6.07, 6.45) is 1.99. The zero-order valence-electron chi connectivity index (χ0n) is 13.1. The lowest BCUT2D eigenvalue weighted by atomic mass is 9.74. The molecule has 7 heteroatoms. The van der Waals surface area contributed by atoms with Gasteiger partial charge in [0.05, 0.1) is 24.3 Å². The Morgan fingerprint density at radius 2 is 2.29 bits per heavy atom. The van der Waals surface area contributed by atoms with Crippen molar-refractivity contribution in [2.24, 2.45) is 5.92 Å². The molecule has 1 aromatic heterocycles. The number of aromatic nitrogens is 1. The second-order valence-corrected chi connectivity index (χ2v) is 7.04.